The number of nitrogens with zero attached hydrogens (tertiary/aromatic N) is 1. The van der Waals surface area contributed by atoms with E-state index in [2.05, 4.69) is 4.72 Å². The van der Waals surface area contributed by atoms with Crippen LogP contribution < -0.4 is 4.72 Å². The quantitative estimate of drug-likeness (QED) is 0.851. The molecule has 1 saturated heterocycles. The van der Waals surface area contributed by atoms with Crippen LogP contribution in [0, 0.1) is 6.92 Å². The molecule has 122 valence electrons. The summed E-state index contributed by atoms with van der Waals surface area (Å²) in [6.45, 7) is 3.76. The van der Waals surface area contributed by atoms with Gasteiger partial charge in [-0.1, -0.05) is 29.8 Å². The third-order valence-electron chi connectivity index (χ3n) is 4.06. The molecule has 1 aliphatic carbocycles. The van der Waals surface area contributed by atoms with Crippen LogP contribution in [0.3, 0.4) is 0 Å². The normalized spacial score (nSPS) is 22.7. The van der Waals surface area contributed by atoms with Crippen LogP contribution in [0.1, 0.15) is 30.0 Å². The lowest BCUT2D eigenvalue weighted by molar-refractivity contribution is -0.152. The second-order valence-corrected chi connectivity index (χ2v) is 6.92. The number of rotatable bonds is 4. The molecule has 1 aromatic carbocycles. The summed E-state index contributed by atoms with van der Waals surface area (Å²) in [7, 11) is 0. The summed E-state index contributed by atoms with van der Waals surface area (Å²) < 4.78 is 50.1. The van der Waals surface area contributed by atoms with Crippen molar-refractivity contribution in [2.45, 2.75) is 37.6 Å². The van der Waals surface area contributed by atoms with Gasteiger partial charge < -0.3 is 4.74 Å². The topological polar surface area (TPSA) is 24.5 Å². The number of aryl methyl sites for hydroxylation is 1. The Kier molecular flexibility index (Phi) is 4.42. The van der Waals surface area contributed by atoms with E-state index in [1.807, 2.05) is 11.2 Å². The molecular formula is C15H19F3N2OS. The Morgan fingerprint density at radius 3 is 2.55 bits per heavy atom. The van der Waals surface area contributed by atoms with Gasteiger partial charge in [0.25, 0.3) is 0 Å². The smallest absolute Gasteiger partial charge is 0.372 e. The minimum atomic E-state index is -4.33. The molecule has 1 spiro atoms. The Balaban J connectivity index is 1.64. The van der Waals surface area contributed by atoms with Gasteiger partial charge in [0.05, 0.1) is 12.2 Å². The maximum atomic E-state index is 13.3. The highest BCUT2D eigenvalue weighted by Crippen LogP contribution is 2.43. The zero-order valence-corrected chi connectivity index (χ0v) is 13.1. The van der Waals surface area contributed by atoms with Gasteiger partial charge in [-0.05, 0) is 25.3 Å². The third-order valence-corrected chi connectivity index (χ3v) is 4.97. The summed E-state index contributed by atoms with van der Waals surface area (Å²) in [5.41, 5.74) is 1.09. The zero-order valence-electron chi connectivity index (χ0n) is 12.3. The van der Waals surface area contributed by atoms with Gasteiger partial charge in [0, 0.05) is 25.2 Å². The fourth-order valence-corrected chi connectivity index (χ4v) is 3.53. The molecule has 3 nitrogen and oxygen atoms in total. The predicted molar refractivity (Wildman–Crippen MR) is 80.2 cm³/mol. The van der Waals surface area contributed by atoms with Gasteiger partial charge in [-0.2, -0.15) is 13.2 Å². The lowest BCUT2D eigenvalue weighted by Gasteiger charge is -2.33. The van der Waals surface area contributed by atoms with Gasteiger partial charge >= 0.3 is 6.18 Å². The van der Waals surface area contributed by atoms with E-state index >= 15 is 0 Å². The molecule has 0 radical (unpaired) electrons. The van der Waals surface area contributed by atoms with Crippen molar-refractivity contribution in [1.82, 2.24) is 9.03 Å². The van der Waals surface area contributed by atoms with Crippen molar-refractivity contribution in [1.29, 1.82) is 0 Å². The van der Waals surface area contributed by atoms with E-state index in [4.69, 9.17) is 4.74 Å². The first-order valence-electron chi connectivity index (χ1n) is 7.33. The number of hydrogen-bond acceptors (Lipinski definition) is 4. The van der Waals surface area contributed by atoms with Crippen LogP contribution in [0.15, 0.2) is 24.3 Å². The summed E-state index contributed by atoms with van der Waals surface area (Å²) in [6.07, 6.45) is -2.32. The number of halogens is 3. The van der Waals surface area contributed by atoms with Crippen LogP contribution >= 0.6 is 12.1 Å². The molecule has 1 heterocycles. The van der Waals surface area contributed by atoms with Crippen LogP contribution in [0.2, 0.25) is 0 Å². The Hall–Kier alpha value is -0.760. The van der Waals surface area contributed by atoms with Crippen molar-refractivity contribution in [2.24, 2.45) is 0 Å². The van der Waals surface area contributed by atoms with Crippen molar-refractivity contribution in [2.75, 3.05) is 19.7 Å². The standard InChI is InChI=1S/C15H19F3N2OS/c1-11-2-4-12(5-3-11)13(15(16,17)18)19-22-20-8-9-21-14(10-20)6-7-14/h2-5,13,19H,6-10H2,1H3/t13-/m1/s1. The van der Waals surface area contributed by atoms with Crippen LogP contribution in [0.4, 0.5) is 13.2 Å². The first-order chi connectivity index (χ1) is 10.4. The Morgan fingerprint density at radius 2 is 1.95 bits per heavy atom. The predicted octanol–water partition coefficient (Wildman–Crippen LogP) is 3.62. The Labute approximate surface area is 132 Å². The molecule has 0 amide bonds. The number of morpholine rings is 1. The summed E-state index contributed by atoms with van der Waals surface area (Å²) in [5.74, 6) is 0. The lowest BCUT2D eigenvalue weighted by atomic mass is 10.1. The minimum absolute atomic E-state index is 0.0927. The van der Waals surface area contributed by atoms with E-state index in [-0.39, 0.29) is 11.2 Å². The van der Waals surface area contributed by atoms with Gasteiger partial charge in [0.15, 0.2) is 0 Å². The van der Waals surface area contributed by atoms with E-state index in [9.17, 15) is 13.2 Å². The molecule has 1 saturated carbocycles. The second-order valence-electron chi connectivity index (χ2n) is 5.99. The first kappa shape index (κ1) is 16.1. The van der Waals surface area contributed by atoms with Gasteiger partial charge in [0.1, 0.15) is 6.04 Å². The van der Waals surface area contributed by atoms with Crippen molar-refractivity contribution < 1.29 is 17.9 Å². The average Bonchev–Trinajstić information content (AvgIpc) is 3.18. The van der Waals surface area contributed by atoms with Crippen molar-refractivity contribution >= 4 is 12.1 Å². The van der Waals surface area contributed by atoms with Gasteiger partial charge in [-0.15, -0.1) is 0 Å². The fraction of sp³-hybridized carbons (Fsp3) is 0.600. The molecule has 1 aromatic rings. The lowest BCUT2D eigenvalue weighted by Crippen LogP contribution is -2.42. The van der Waals surface area contributed by atoms with Gasteiger partial charge in [-0.25, -0.2) is 9.03 Å². The molecular weight excluding hydrogens is 313 g/mol. The van der Waals surface area contributed by atoms with Crippen molar-refractivity contribution in [3.8, 4) is 0 Å². The molecule has 0 bridgehead atoms. The number of alkyl halides is 3. The van der Waals surface area contributed by atoms with Gasteiger partial charge in [0.2, 0.25) is 0 Å². The van der Waals surface area contributed by atoms with Crippen LogP contribution in [0.5, 0.6) is 0 Å². The molecule has 22 heavy (non-hydrogen) atoms. The number of ether oxygens (including phenoxy) is 1. The van der Waals surface area contributed by atoms with Crippen LogP contribution in [0.25, 0.3) is 0 Å². The number of nitrogens with one attached hydrogen (secondary N) is 1. The second kappa shape index (κ2) is 6.03. The highest BCUT2D eigenvalue weighted by molar-refractivity contribution is 7.95. The molecule has 1 aliphatic heterocycles. The van der Waals surface area contributed by atoms with E-state index < -0.39 is 12.2 Å². The van der Waals surface area contributed by atoms with E-state index in [1.165, 1.54) is 12.1 Å². The van der Waals surface area contributed by atoms with E-state index in [0.717, 1.165) is 30.5 Å². The molecule has 1 atom stereocenters. The molecule has 0 unspecified atom stereocenters. The molecule has 2 aliphatic rings. The largest absolute Gasteiger partial charge is 0.408 e. The molecule has 2 fully saturated rings. The van der Waals surface area contributed by atoms with Crippen LogP contribution in [-0.4, -0.2) is 35.8 Å². The molecule has 1 N–H and O–H groups in total. The Morgan fingerprint density at radius 1 is 1.27 bits per heavy atom. The Bertz CT molecular complexity index is 517. The first-order valence-corrected chi connectivity index (χ1v) is 8.10. The maximum Gasteiger partial charge on any atom is 0.408 e. The van der Waals surface area contributed by atoms with Crippen molar-refractivity contribution in [3.05, 3.63) is 35.4 Å². The van der Waals surface area contributed by atoms with Crippen LogP contribution in [-0.2, 0) is 4.74 Å². The summed E-state index contributed by atoms with van der Waals surface area (Å²) >= 11 is 1.06. The van der Waals surface area contributed by atoms with Gasteiger partial charge in [-0.3, -0.25) is 0 Å². The van der Waals surface area contributed by atoms with Crippen molar-refractivity contribution in [3.63, 3.8) is 0 Å². The highest BCUT2D eigenvalue weighted by Gasteiger charge is 2.48. The molecule has 7 heteroatoms. The van der Waals surface area contributed by atoms with E-state index in [1.54, 1.807) is 12.1 Å². The minimum Gasteiger partial charge on any atom is -0.372 e. The highest BCUT2D eigenvalue weighted by atomic mass is 32.2. The fourth-order valence-electron chi connectivity index (χ4n) is 2.54. The average molecular weight is 332 g/mol. The molecule has 3 rings (SSSR count). The summed E-state index contributed by atoms with van der Waals surface area (Å²) in [5, 5.41) is 0. The molecule has 0 aromatic heterocycles. The van der Waals surface area contributed by atoms with E-state index in [0.29, 0.717) is 19.7 Å². The summed E-state index contributed by atoms with van der Waals surface area (Å²) in [4.78, 5) is 0. The zero-order chi connectivity index (χ0) is 15.8. The monoisotopic (exact) mass is 332 g/mol. The number of benzene rings is 1. The maximum absolute atomic E-state index is 13.3. The third kappa shape index (κ3) is 3.76. The number of hydrogen-bond donors (Lipinski definition) is 1. The summed E-state index contributed by atoms with van der Waals surface area (Å²) in [6, 6.07) is 4.80. The SMILES string of the molecule is Cc1ccc([C@@H](NSN2CCOC3(CC3)C2)C(F)(F)F)cc1.